The molecule has 0 aromatic rings. The largest absolute Gasteiger partial charge is 0.295 e. The summed E-state index contributed by atoms with van der Waals surface area (Å²) in [6.45, 7) is 7.82. The van der Waals surface area contributed by atoms with Gasteiger partial charge in [-0.3, -0.25) is 4.79 Å². The van der Waals surface area contributed by atoms with Gasteiger partial charge in [-0.1, -0.05) is 12.2 Å². The Morgan fingerprint density at radius 3 is 2.33 bits per heavy atom. The highest BCUT2D eigenvalue weighted by Gasteiger charge is 2.16. The molecule has 1 rings (SSSR count). The van der Waals surface area contributed by atoms with Crippen LogP contribution in [0.15, 0.2) is 23.3 Å². The lowest BCUT2D eigenvalue weighted by molar-refractivity contribution is -0.116. The molecule has 1 fully saturated rings. The molecule has 0 aliphatic heterocycles. The van der Waals surface area contributed by atoms with Gasteiger partial charge >= 0.3 is 0 Å². The highest BCUT2D eigenvalue weighted by atomic mass is 16.1. The third kappa shape index (κ3) is 1.84. The molecule has 1 aliphatic rings. The number of hydrogen-bond acceptors (Lipinski definition) is 1. The Bertz CT molecular complexity index is 246. The molecule has 66 valence electrons. The van der Waals surface area contributed by atoms with Crippen LogP contribution < -0.4 is 0 Å². The van der Waals surface area contributed by atoms with Gasteiger partial charge in [-0.15, -0.1) is 0 Å². The molecular weight excluding hydrogens is 148 g/mol. The van der Waals surface area contributed by atoms with Crippen molar-refractivity contribution in [2.45, 2.75) is 39.5 Å². The number of allylic oxidation sites excluding steroid dienone is 3. The molecule has 12 heavy (non-hydrogen) atoms. The monoisotopic (exact) mass is 164 g/mol. The second kappa shape index (κ2) is 3.70. The molecule has 0 spiro atoms. The highest BCUT2D eigenvalue weighted by molar-refractivity contribution is 5.97. The normalized spacial score (nSPS) is 22.3. The zero-order valence-corrected chi connectivity index (χ0v) is 7.94. The molecule has 0 bridgehead atoms. The molecule has 1 heteroatoms. The molecule has 0 aromatic carbocycles. The van der Waals surface area contributed by atoms with Crippen molar-refractivity contribution in [2.24, 2.45) is 0 Å². The summed E-state index contributed by atoms with van der Waals surface area (Å²) in [5.41, 5.74) is 3.16. The lowest BCUT2D eigenvalue weighted by Crippen LogP contribution is -2.10. The third-order valence-electron chi connectivity index (χ3n) is 2.51. The maximum atomic E-state index is 11.4. The molecule has 0 saturated heterocycles. The van der Waals surface area contributed by atoms with Crippen molar-refractivity contribution >= 4 is 5.78 Å². The van der Waals surface area contributed by atoms with Crippen LogP contribution in [0.3, 0.4) is 0 Å². The highest BCUT2D eigenvalue weighted by Crippen LogP contribution is 2.25. The summed E-state index contributed by atoms with van der Waals surface area (Å²) in [6, 6.07) is 0. The van der Waals surface area contributed by atoms with Crippen LogP contribution in [0, 0.1) is 0 Å². The van der Waals surface area contributed by atoms with Gasteiger partial charge in [-0.2, -0.15) is 0 Å². The molecule has 1 nitrogen and oxygen atoms in total. The summed E-state index contributed by atoms with van der Waals surface area (Å²) < 4.78 is 0. The minimum Gasteiger partial charge on any atom is -0.295 e. The Morgan fingerprint density at radius 1 is 1.25 bits per heavy atom. The van der Waals surface area contributed by atoms with Gasteiger partial charge in [0.2, 0.25) is 0 Å². The van der Waals surface area contributed by atoms with Crippen LogP contribution in [-0.2, 0) is 4.79 Å². The maximum Gasteiger partial charge on any atom is 0.159 e. The summed E-state index contributed by atoms with van der Waals surface area (Å²) in [5.74, 6) is 0.335. The van der Waals surface area contributed by atoms with E-state index in [-0.39, 0.29) is 0 Å². The van der Waals surface area contributed by atoms with Crippen LogP contribution in [-0.4, -0.2) is 5.78 Å². The second-order valence-corrected chi connectivity index (χ2v) is 3.51. The van der Waals surface area contributed by atoms with E-state index >= 15 is 0 Å². The molecule has 0 unspecified atom stereocenters. The van der Waals surface area contributed by atoms with E-state index in [4.69, 9.17) is 0 Å². The molecule has 1 saturated carbocycles. The van der Waals surface area contributed by atoms with Crippen LogP contribution >= 0.6 is 0 Å². The van der Waals surface area contributed by atoms with E-state index in [9.17, 15) is 4.79 Å². The Labute approximate surface area is 74.2 Å². The van der Waals surface area contributed by atoms with Gasteiger partial charge in [0.1, 0.15) is 0 Å². The van der Waals surface area contributed by atoms with E-state index in [0.29, 0.717) is 5.78 Å². The van der Waals surface area contributed by atoms with E-state index in [1.165, 1.54) is 0 Å². The van der Waals surface area contributed by atoms with Crippen molar-refractivity contribution in [1.29, 1.82) is 0 Å². The molecular formula is C11H16O. The summed E-state index contributed by atoms with van der Waals surface area (Å²) in [5, 5.41) is 0. The van der Waals surface area contributed by atoms with Crippen molar-refractivity contribution in [3.05, 3.63) is 23.3 Å². The number of carbonyl (C=O) groups is 1. The van der Waals surface area contributed by atoms with Crippen LogP contribution in [0.1, 0.15) is 39.5 Å². The van der Waals surface area contributed by atoms with E-state index in [2.05, 4.69) is 6.58 Å². The lowest BCUT2D eigenvalue weighted by Gasteiger charge is -2.15. The molecule has 0 N–H and O–H groups in total. The number of rotatable bonds is 1. The van der Waals surface area contributed by atoms with Crippen LogP contribution in [0.4, 0.5) is 0 Å². The maximum absolute atomic E-state index is 11.4. The Hall–Kier alpha value is -0.850. The number of Topliss-reactive ketones (excluding diaryl/α,β-unsaturated/α-hetero) is 1. The van der Waals surface area contributed by atoms with Crippen molar-refractivity contribution in [1.82, 2.24) is 0 Å². The average Bonchev–Trinajstić information content (AvgIpc) is 2.04. The standard InChI is InChI=1S/C11H16O/c1-8(2)9(3)10-6-4-5-7-11(10)12/h1,4-7H2,2-3H3/b10-9-. The molecule has 0 atom stereocenters. The summed E-state index contributed by atoms with van der Waals surface area (Å²) in [6.07, 6.45) is 3.91. The molecule has 0 amide bonds. The van der Waals surface area contributed by atoms with Crippen LogP contribution in [0.5, 0.6) is 0 Å². The van der Waals surface area contributed by atoms with E-state index in [1.54, 1.807) is 0 Å². The topological polar surface area (TPSA) is 17.1 Å². The predicted molar refractivity (Wildman–Crippen MR) is 51.0 cm³/mol. The van der Waals surface area contributed by atoms with Crippen molar-refractivity contribution in [3.63, 3.8) is 0 Å². The Morgan fingerprint density at radius 2 is 1.83 bits per heavy atom. The van der Waals surface area contributed by atoms with Gasteiger partial charge in [0.05, 0.1) is 0 Å². The van der Waals surface area contributed by atoms with E-state index < -0.39 is 0 Å². The van der Waals surface area contributed by atoms with Gasteiger partial charge in [0, 0.05) is 6.42 Å². The van der Waals surface area contributed by atoms with Gasteiger partial charge < -0.3 is 0 Å². The van der Waals surface area contributed by atoms with Crippen molar-refractivity contribution in [2.75, 3.05) is 0 Å². The van der Waals surface area contributed by atoms with E-state index in [1.807, 2.05) is 13.8 Å². The first-order valence-electron chi connectivity index (χ1n) is 4.51. The van der Waals surface area contributed by atoms with Crippen molar-refractivity contribution in [3.8, 4) is 0 Å². The first-order valence-corrected chi connectivity index (χ1v) is 4.51. The Balaban J connectivity index is 2.90. The Kier molecular flexibility index (Phi) is 2.85. The minimum absolute atomic E-state index is 0.335. The van der Waals surface area contributed by atoms with Crippen LogP contribution in [0.25, 0.3) is 0 Å². The third-order valence-corrected chi connectivity index (χ3v) is 2.51. The predicted octanol–water partition coefficient (Wildman–Crippen LogP) is 3.02. The fourth-order valence-electron chi connectivity index (χ4n) is 1.53. The van der Waals surface area contributed by atoms with Crippen LogP contribution in [0.2, 0.25) is 0 Å². The quantitative estimate of drug-likeness (QED) is 0.544. The molecule has 1 aliphatic carbocycles. The summed E-state index contributed by atoms with van der Waals surface area (Å²) in [7, 11) is 0. The average molecular weight is 164 g/mol. The minimum atomic E-state index is 0.335. The number of ketones is 1. The fourth-order valence-corrected chi connectivity index (χ4v) is 1.53. The number of hydrogen-bond donors (Lipinski definition) is 0. The van der Waals surface area contributed by atoms with E-state index in [0.717, 1.165) is 42.4 Å². The summed E-state index contributed by atoms with van der Waals surface area (Å²) in [4.78, 5) is 11.4. The first kappa shape index (κ1) is 9.24. The van der Waals surface area contributed by atoms with Gasteiger partial charge in [-0.25, -0.2) is 0 Å². The number of carbonyl (C=O) groups excluding carboxylic acids is 1. The zero-order chi connectivity index (χ0) is 9.14. The zero-order valence-electron chi connectivity index (χ0n) is 7.94. The van der Waals surface area contributed by atoms with Crippen molar-refractivity contribution < 1.29 is 4.79 Å². The lowest BCUT2D eigenvalue weighted by atomic mass is 9.88. The SMILES string of the molecule is C=C(C)/C(C)=C1/CCCCC1=O. The second-order valence-electron chi connectivity index (χ2n) is 3.51. The van der Waals surface area contributed by atoms with Gasteiger partial charge in [0.25, 0.3) is 0 Å². The molecule has 0 radical (unpaired) electrons. The fraction of sp³-hybridized carbons (Fsp3) is 0.545. The smallest absolute Gasteiger partial charge is 0.159 e. The summed E-state index contributed by atoms with van der Waals surface area (Å²) >= 11 is 0. The molecule has 0 heterocycles. The van der Waals surface area contributed by atoms with Gasteiger partial charge in [-0.05, 0) is 44.3 Å². The molecule has 0 aromatic heterocycles. The van der Waals surface area contributed by atoms with Gasteiger partial charge in [0.15, 0.2) is 5.78 Å². The first-order chi connectivity index (χ1) is 5.63.